The van der Waals surface area contributed by atoms with E-state index in [4.69, 9.17) is 25.8 Å². The van der Waals surface area contributed by atoms with Crippen molar-refractivity contribution in [1.82, 2.24) is 0 Å². The number of cyclic esters (lactones) is 1. The summed E-state index contributed by atoms with van der Waals surface area (Å²) in [4.78, 5) is 16.4. The smallest absolute Gasteiger partial charge is 0.363 e. The molecule has 134 valence electrons. The molecule has 0 bridgehead atoms. The Labute approximate surface area is 156 Å². The summed E-state index contributed by atoms with van der Waals surface area (Å²) in [5.41, 5.74) is 1.53. The summed E-state index contributed by atoms with van der Waals surface area (Å²) in [5, 5.41) is 0.472. The molecule has 0 saturated heterocycles. The van der Waals surface area contributed by atoms with Crippen molar-refractivity contribution in [1.29, 1.82) is 0 Å². The van der Waals surface area contributed by atoms with E-state index in [1.807, 2.05) is 13.0 Å². The molecule has 0 N–H and O–H groups in total. The molecule has 5 nitrogen and oxygen atoms in total. The lowest BCUT2D eigenvalue weighted by atomic mass is 10.1. The molecule has 0 aromatic heterocycles. The van der Waals surface area contributed by atoms with Crippen LogP contribution in [0.1, 0.15) is 24.5 Å². The van der Waals surface area contributed by atoms with Crippen LogP contribution in [-0.2, 0) is 9.53 Å². The molecule has 1 heterocycles. The van der Waals surface area contributed by atoms with E-state index < -0.39 is 5.97 Å². The van der Waals surface area contributed by atoms with Crippen LogP contribution in [0.25, 0.3) is 6.08 Å². The molecule has 2 aromatic carbocycles. The Hall–Kier alpha value is -2.79. The van der Waals surface area contributed by atoms with Crippen molar-refractivity contribution in [3.05, 3.63) is 64.3 Å². The quantitative estimate of drug-likeness (QED) is 0.555. The van der Waals surface area contributed by atoms with Crippen LogP contribution in [-0.4, -0.2) is 25.6 Å². The zero-order chi connectivity index (χ0) is 18.5. The zero-order valence-corrected chi connectivity index (χ0v) is 15.2. The molecule has 1 aliphatic heterocycles. The first-order valence-corrected chi connectivity index (χ1v) is 8.58. The van der Waals surface area contributed by atoms with E-state index in [0.717, 1.165) is 12.0 Å². The molecule has 0 unspecified atom stereocenters. The lowest BCUT2D eigenvalue weighted by Crippen LogP contribution is -2.05. The van der Waals surface area contributed by atoms with Crippen molar-refractivity contribution in [2.24, 2.45) is 4.99 Å². The zero-order valence-electron chi connectivity index (χ0n) is 14.5. The minimum atomic E-state index is -0.523. The molecule has 0 radical (unpaired) electrons. The van der Waals surface area contributed by atoms with Crippen molar-refractivity contribution < 1.29 is 19.0 Å². The predicted octanol–water partition coefficient (Wildman–Crippen LogP) is 4.48. The standard InChI is InChI=1S/C20H18ClNO4/c1-3-10-25-17-9-8-13(12-18(17)24-2)11-16-20(23)26-19(22-16)14-6-4-5-7-15(14)21/h4-9,11-12H,3,10H2,1-2H3. The Balaban J connectivity index is 1.89. The van der Waals surface area contributed by atoms with Crippen LogP contribution in [0.2, 0.25) is 5.02 Å². The first kappa shape index (κ1) is 18.0. The van der Waals surface area contributed by atoms with E-state index in [9.17, 15) is 4.79 Å². The lowest BCUT2D eigenvalue weighted by molar-refractivity contribution is -0.129. The van der Waals surface area contributed by atoms with Gasteiger partial charge < -0.3 is 14.2 Å². The number of nitrogens with zero attached hydrogens (tertiary/aromatic N) is 1. The van der Waals surface area contributed by atoms with Crippen LogP contribution < -0.4 is 9.47 Å². The summed E-state index contributed by atoms with van der Waals surface area (Å²) in [7, 11) is 1.57. The van der Waals surface area contributed by atoms with Crippen LogP contribution in [0.4, 0.5) is 0 Å². The normalized spacial score (nSPS) is 15.0. The first-order valence-electron chi connectivity index (χ1n) is 8.20. The van der Waals surface area contributed by atoms with Gasteiger partial charge in [0.1, 0.15) is 0 Å². The molecular weight excluding hydrogens is 354 g/mol. The molecule has 26 heavy (non-hydrogen) atoms. The summed E-state index contributed by atoms with van der Waals surface area (Å²) in [5.74, 6) is 0.923. The Morgan fingerprint density at radius 1 is 1.19 bits per heavy atom. The molecular formula is C20H18ClNO4. The molecule has 0 saturated carbocycles. The minimum Gasteiger partial charge on any atom is -0.493 e. The van der Waals surface area contributed by atoms with Gasteiger partial charge in [0.2, 0.25) is 5.90 Å². The monoisotopic (exact) mass is 371 g/mol. The summed E-state index contributed by atoms with van der Waals surface area (Å²) in [6.45, 7) is 2.64. The van der Waals surface area contributed by atoms with Gasteiger partial charge in [0.05, 0.1) is 24.3 Å². The minimum absolute atomic E-state index is 0.196. The maximum absolute atomic E-state index is 12.1. The number of ether oxygens (including phenoxy) is 3. The van der Waals surface area contributed by atoms with Crippen LogP contribution in [0, 0.1) is 0 Å². The number of carbonyl (C=O) groups is 1. The van der Waals surface area contributed by atoms with Gasteiger partial charge in [-0.15, -0.1) is 0 Å². The maximum Gasteiger partial charge on any atom is 0.363 e. The highest BCUT2D eigenvalue weighted by atomic mass is 35.5. The Morgan fingerprint density at radius 3 is 2.73 bits per heavy atom. The molecule has 2 aromatic rings. The fourth-order valence-electron chi connectivity index (χ4n) is 2.42. The van der Waals surface area contributed by atoms with Crippen molar-refractivity contribution in [3.8, 4) is 11.5 Å². The highest BCUT2D eigenvalue weighted by Gasteiger charge is 2.25. The topological polar surface area (TPSA) is 57.1 Å². The molecule has 0 spiro atoms. The van der Waals surface area contributed by atoms with Gasteiger partial charge in [-0.2, -0.15) is 0 Å². The Kier molecular flexibility index (Phi) is 5.58. The Bertz CT molecular complexity index is 889. The molecule has 0 fully saturated rings. The molecule has 6 heteroatoms. The van der Waals surface area contributed by atoms with E-state index in [2.05, 4.69) is 4.99 Å². The number of aliphatic imine (C=N–C) groups is 1. The number of halogens is 1. The molecule has 0 amide bonds. The van der Waals surface area contributed by atoms with Gasteiger partial charge in [0.15, 0.2) is 17.2 Å². The van der Waals surface area contributed by atoms with E-state index >= 15 is 0 Å². The second-order valence-corrected chi connectivity index (χ2v) is 5.98. The third-order valence-electron chi connectivity index (χ3n) is 3.68. The number of rotatable bonds is 6. The van der Waals surface area contributed by atoms with E-state index in [1.165, 1.54) is 0 Å². The third kappa shape index (κ3) is 3.89. The van der Waals surface area contributed by atoms with E-state index in [1.54, 1.807) is 49.6 Å². The SMILES string of the molecule is CCCOc1ccc(C=C2N=C(c3ccccc3Cl)OC2=O)cc1OC. The second kappa shape index (κ2) is 8.06. The third-order valence-corrected chi connectivity index (χ3v) is 4.01. The van der Waals surface area contributed by atoms with Gasteiger partial charge >= 0.3 is 5.97 Å². The Morgan fingerprint density at radius 2 is 2.00 bits per heavy atom. The average molecular weight is 372 g/mol. The fraction of sp³-hybridized carbons (Fsp3) is 0.200. The highest BCUT2D eigenvalue weighted by molar-refractivity contribution is 6.34. The number of hydrogen-bond donors (Lipinski definition) is 0. The van der Waals surface area contributed by atoms with E-state index in [0.29, 0.717) is 28.7 Å². The molecule has 0 atom stereocenters. The number of methoxy groups -OCH3 is 1. The summed E-state index contributed by atoms with van der Waals surface area (Å²) in [6.07, 6.45) is 2.54. The maximum atomic E-state index is 12.1. The molecule has 0 aliphatic carbocycles. The van der Waals surface area contributed by atoms with Crippen LogP contribution >= 0.6 is 11.6 Å². The van der Waals surface area contributed by atoms with Crippen molar-refractivity contribution in [2.45, 2.75) is 13.3 Å². The molecule has 1 aliphatic rings. The largest absolute Gasteiger partial charge is 0.493 e. The van der Waals surface area contributed by atoms with Crippen LogP contribution in [0.5, 0.6) is 11.5 Å². The van der Waals surface area contributed by atoms with Gasteiger partial charge in [-0.1, -0.05) is 36.7 Å². The number of benzene rings is 2. The van der Waals surface area contributed by atoms with Crippen LogP contribution in [0.15, 0.2) is 53.2 Å². The van der Waals surface area contributed by atoms with Crippen molar-refractivity contribution >= 4 is 29.5 Å². The lowest BCUT2D eigenvalue weighted by Gasteiger charge is -2.10. The second-order valence-electron chi connectivity index (χ2n) is 5.57. The highest BCUT2D eigenvalue weighted by Crippen LogP contribution is 2.30. The summed E-state index contributed by atoms with van der Waals surface area (Å²) >= 11 is 6.14. The number of hydrogen-bond acceptors (Lipinski definition) is 5. The van der Waals surface area contributed by atoms with Crippen molar-refractivity contribution in [3.63, 3.8) is 0 Å². The predicted molar refractivity (Wildman–Crippen MR) is 101 cm³/mol. The van der Waals surface area contributed by atoms with Gasteiger partial charge in [-0.05, 0) is 42.3 Å². The first-order chi connectivity index (χ1) is 12.6. The van der Waals surface area contributed by atoms with Gasteiger partial charge in [-0.3, -0.25) is 0 Å². The van der Waals surface area contributed by atoms with Crippen molar-refractivity contribution in [2.75, 3.05) is 13.7 Å². The van der Waals surface area contributed by atoms with Gasteiger partial charge in [-0.25, -0.2) is 9.79 Å². The van der Waals surface area contributed by atoms with Crippen LogP contribution in [0.3, 0.4) is 0 Å². The van der Waals surface area contributed by atoms with Gasteiger partial charge in [0.25, 0.3) is 0 Å². The summed E-state index contributed by atoms with van der Waals surface area (Å²) < 4.78 is 16.2. The average Bonchev–Trinajstić information content (AvgIpc) is 3.01. The molecule has 3 rings (SSSR count). The summed E-state index contributed by atoms with van der Waals surface area (Å²) in [6, 6.07) is 12.5. The number of carbonyl (C=O) groups excluding carboxylic acids is 1. The number of esters is 1. The van der Waals surface area contributed by atoms with Gasteiger partial charge in [0, 0.05) is 0 Å². The van der Waals surface area contributed by atoms with E-state index in [-0.39, 0.29) is 11.6 Å². The fourth-order valence-corrected chi connectivity index (χ4v) is 2.64.